The number of nitrogens with one attached hydrogen (secondary N) is 1. The SMILES string of the molecule is [C-]#[N+]c1cccc(C(Cc2ccc(Cl)cc2)(OP(=O)(OCC)OCC)[C@H](C)NC(=O)C(C)(C)Oc2ccc(C(F)(F)F)cn2)c1. The highest BCUT2D eigenvalue weighted by Crippen LogP contribution is 2.56. The molecule has 0 spiro atoms. The van der Waals surface area contributed by atoms with Crippen LogP contribution >= 0.6 is 19.4 Å². The number of carbonyl (C=O) groups is 1. The van der Waals surface area contributed by atoms with Gasteiger partial charge in [-0.25, -0.2) is 14.4 Å². The van der Waals surface area contributed by atoms with E-state index in [1.807, 2.05) is 0 Å². The topological polar surface area (TPSA) is 100 Å². The largest absolute Gasteiger partial charge is 0.475 e. The highest BCUT2D eigenvalue weighted by molar-refractivity contribution is 7.48. The Morgan fingerprint density at radius 3 is 2.22 bits per heavy atom. The lowest BCUT2D eigenvalue weighted by Gasteiger charge is -2.42. The number of benzene rings is 2. The molecule has 45 heavy (non-hydrogen) atoms. The standard InChI is InChI=1S/C31H34ClF3N3O6P/c1-7-41-45(40,42-8-2)44-30(19-22-12-15-25(32)16-13-22,23-10-9-11-26(18-23)36-6)21(3)38-28(39)29(4,5)43-27-17-14-24(20-37-27)31(33,34)35/h9-18,20-21H,7-8,19H2,1-5H3,(H,38,39)/t21-,30?/m0/s1. The Bertz CT molecular complexity index is 1540. The first-order valence-electron chi connectivity index (χ1n) is 13.9. The molecule has 3 aromatic rings. The average Bonchev–Trinajstić information content (AvgIpc) is 2.97. The van der Waals surface area contributed by atoms with Crippen LogP contribution in [-0.4, -0.2) is 35.7 Å². The van der Waals surface area contributed by atoms with E-state index in [-0.39, 0.29) is 31.2 Å². The number of rotatable bonds is 14. The molecule has 0 bridgehead atoms. The van der Waals surface area contributed by atoms with Gasteiger partial charge in [-0.15, -0.1) is 0 Å². The van der Waals surface area contributed by atoms with Gasteiger partial charge in [-0.05, 0) is 63.9 Å². The summed E-state index contributed by atoms with van der Waals surface area (Å²) in [6, 6.07) is 14.1. The van der Waals surface area contributed by atoms with E-state index in [2.05, 4.69) is 15.1 Å². The van der Waals surface area contributed by atoms with Crippen LogP contribution in [-0.2, 0) is 41.1 Å². The number of alkyl halides is 3. The van der Waals surface area contributed by atoms with Gasteiger partial charge < -0.3 is 10.1 Å². The minimum absolute atomic E-state index is 0.0129. The first-order valence-corrected chi connectivity index (χ1v) is 15.8. The van der Waals surface area contributed by atoms with Crippen molar-refractivity contribution in [3.05, 3.63) is 100.0 Å². The van der Waals surface area contributed by atoms with Crippen LogP contribution in [0.4, 0.5) is 18.9 Å². The number of carbonyl (C=O) groups excluding carboxylic acids is 1. The smallest absolute Gasteiger partial charge is 0.462 e. The van der Waals surface area contributed by atoms with Gasteiger partial charge in [0.2, 0.25) is 5.88 Å². The molecule has 1 unspecified atom stereocenters. The fourth-order valence-electron chi connectivity index (χ4n) is 4.42. The second-order valence-corrected chi connectivity index (χ2v) is 12.4. The van der Waals surface area contributed by atoms with E-state index in [1.54, 1.807) is 69.3 Å². The van der Waals surface area contributed by atoms with Crippen molar-refractivity contribution >= 4 is 31.0 Å². The van der Waals surface area contributed by atoms with Crippen LogP contribution in [0, 0.1) is 6.57 Å². The summed E-state index contributed by atoms with van der Waals surface area (Å²) in [5.74, 6) is -0.897. The third-order valence-corrected chi connectivity index (χ3v) is 8.66. The molecule has 3 rings (SSSR count). The molecule has 0 aliphatic heterocycles. The van der Waals surface area contributed by atoms with Crippen LogP contribution in [0.3, 0.4) is 0 Å². The lowest BCUT2D eigenvalue weighted by molar-refractivity contribution is -0.139. The summed E-state index contributed by atoms with van der Waals surface area (Å²) in [6.45, 7) is 15.2. The maximum atomic E-state index is 14.0. The molecule has 0 radical (unpaired) electrons. The van der Waals surface area contributed by atoms with Crippen molar-refractivity contribution in [1.82, 2.24) is 10.3 Å². The monoisotopic (exact) mass is 667 g/mol. The van der Waals surface area contributed by atoms with Crippen LogP contribution in [0.2, 0.25) is 5.02 Å². The van der Waals surface area contributed by atoms with Gasteiger partial charge in [-0.1, -0.05) is 48.0 Å². The van der Waals surface area contributed by atoms with Crippen molar-refractivity contribution in [3.63, 3.8) is 0 Å². The average molecular weight is 668 g/mol. The molecule has 2 atom stereocenters. The van der Waals surface area contributed by atoms with Gasteiger partial charge in [0.25, 0.3) is 5.91 Å². The van der Waals surface area contributed by atoms with E-state index in [1.165, 1.54) is 13.8 Å². The molecule has 1 aromatic heterocycles. The van der Waals surface area contributed by atoms with E-state index < -0.39 is 42.7 Å². The number of amides is 1. The zero-order valence-electron chi connectivity index (χ0n) is 25.4. The Labute approximate surface area is 265 Å². The molecule has 14 heteroatoms. The summed E-state index contributed by atoms with van der Waals surface area (Å²) < 4.78 is 76.0. The number of ether oxygens (including phenoxy) is 1. The highest BCUT2D eigenvalue weighted by Gasteiger charge is 2.48. The second-order valence-electron chi connectivity index (χ2n) is 10.4. The minimum Gasteiger partial charge on any atom is -0.462 e. The Morgan fingerprint density at radius 2 is 1.69 bits per heavy atom. The molecular formula is C31H34ClF3N3O6P. The van der Waals surface area contributed by atoms with E-state index in [4.69, 9.17) is 36.5 Å². The third-order valence-electron chi connectivity index (χ3n) is 6.71. The van der Waals surface area contributed by atoms with Crippen LogP contribution < -0.4 is 10.1 Å². The predicted octanol–water partition coefficient (Wildman–Crippen LogP) is 8.30. The molecule has 0 saturated heterocycles. The Morgan fingerprint density at radius 1 is 1.04 bits per heavy atom. The second kappa shape index (κ2) is 14.8. The number of phosphoric ester groups is 1. The number of hydrogen-bond acceptors (Lipinski definition) is 7. The van der Waals surface area contributed by atoms with Crippen molar-refractivity contribution < 1.29 is 40.8 Å². The minimum atomic E-state index is -4.59. The number of hydrogen-bond donors (Lipinski definition) is 1. The summed E-state index contributed by atoms with van der Waals surface area (Å²) in [5, 5.41) is 3.34. The van der Waals surface area contributed by atoms with E-state index >= 15 is 0 Å². The van der Waals surface area contributed by atoms with Gasteiger partial charge in [0, 0.05) is 23.7 Å². The maximum Gasteiger partial charge on any atom is 0.475 e. The van der Waals surface area contributed by atoms with Crippen molar-refractivity contribution in [2.24, 2.45) is 0 Å². The molecule has 1 amide bonds. The number of pyridine rings is 1. The normalized spacial score (nSPS) is 14.2. The number of nitrogens with zero attached hydrogens (tertiary/aromatic N) is 2. The molecule has 2 aromatic carbocycles. The predicted molar refractivity (Wildman–Crippen MR) is 163 cm³/mol. The van der Waals surface area contributed by atoms with Gasteiger partial charge in [0.1, 0.15) is 5.60 Å². The van der Waals surface area contributed by atoms with Crippen LogP contribution in [0.1, 0.15) is 51.3 Å². The molecule has 0 aliphatic rings. The van der Waals surface area contributed by atoms with Crippen molar-refractivity contribution in [2.45, 2.75) is 64.5 Å². The summed E-state index contributed by atoms with van der Waals surface area (Å²) >= 11 is 6.13. The first-order chi connectivity index (χ1) is 21.1. The molecule has 0 aliphatic carbocycles. The van der Waals surface area contributed by atoms with Crippen molar-refractivity contribution in [3.8, 4) is 5.88 Å². The maximum absolute atomic E-state index is 14.0. The van der Waals surface area contributed by atoms with Gasteiger partial charge in [-0.2, -0.15) is 13.2 Å². The molecule has 0 saturated carbocycles. The summed E-state index contributed by atoms with van der Waals surface area (Å²) in [5.41, 5.74) is -2.94. The van der Waals surface area contributed by atoms with E-state index in [9.17, 15) is 22.5 Å². The van der Waals surface area contributed by atoms with E-state index in [0.717, 1.165) is 12.1 Å². The first kappa shape index (κ1) is 36.0. The lowest BCUT2D eigenvalue weighted by Crippen LogP contribution is -2.57. The third kappa shape index (κ3) is 9.28. The van der Waals surface area contributed by atoms with Crippen LogP contribution in [0.15, 0.2) is 66.9 Å². The molecular weight excluding hydrogens is 634 g/mol. The molecule has 1 N–H and O–H groups in total. The molecule has 9 nitrogen and oxygen atoms in total. The summed E-state index contributed by atoms with van der Waals surface area (Å²) in [6.07, 6.45) is -3.96. The lowest BCUT2D eigenvalue weighted by atomic mass is 9.81. The van der Waals surface area contributed by atoms with Crippen molar-refractivity contribution in [1.29, 1.82) is 0 Å². The fourth-order valence-corrected chi connectivity index (χ4v) is 6.09. The Hall–Kier alpha value is -3.46. The van der Waals surface area contributed by atoms with Gasteiger partial charge in [0.15, 0.2) is 11.3 Å². The fraction of sp³-hybridized carbons (Fsp3) is 0.387. The van der Waals surface area contributed by atoms with Crippen LogP contribution in [0.25, 0.3) is 4.85 Å². The summed E-state index contributed by atoms with van der Waals surface area (Å²) in [7, 11) is -4.28. The highest BCUT2D eigenvalue weighted by atomic mass is 35.5. The zero-order valence-corrected chi connectivity index (χ0v) is 27.0. The number of aromatic nitrogens is 1. The van der Waals surface area contributed by atoms with E-state index in [0.29, 0.717) is 22.3 Å². The zero-order chi connectivity index (χ0) is 33.5. The molecule has 242 valence electrons. The Balaban J connectivity index is 2.09. The van der Waals surface area contributed by atoms with Gasteiger partial charge >= 0.3 is 14.0 Å². The number of halogens is 4. The van der Waals surface area contributed by atoms with Crippen molar-refractivity contribution in [2.75, 3.05) is 13.2 Å². The van der Waals surface area contributed by atoms with Gasteiger partial charge in [-0.3, -0.25) is 18.4 Å². The quantitative estimate of drug-likeness (QED) is 0.136. The van der Waals surface area contributed by atoms with Gasteiger partial charge in [0.05, 0.1) is 31.4 Å². The summed E-state index contributed by atoms with van der Waals surface area (Å²) in [4.78, 5) is 20.9. The number of phosphoric acid groups is 1. The van der Waals surface area contributed by atoms with Crippen LogP contribution in [0.5, 0.6) is 5.88 Å². The molecule has 1 heterocycles. The molecule has 0 fully saturated rings. The Kier molecular flexibility index (Phi) is 11.8.